The van der Waals surface area contributed by atoms with Crippen molar-refractivity contribution in [3.05, 3.63) is 59.1 Å². The van der Waals surface area contributed by atoms with Crippen LogP contribution in [0.1, 0.15) is 12.5 Å². The molecule has 1 aromatic heterocycles. The smallest absolute Gasteiger partial charge is 0.233 e. The number of para-hydroxylation sites is 1. The summed E-state index contributed by atoms with van der Waals surface area (Å²) in [5.41, 5.74) is 1.88. The number of carbonyl (C=O) groups is 1. The lowest BCUT2D eigenvalue weighted by Crippen LogP contribution is -2.31. The molecule has 0 saturated carbocycles. The molecular formula is C17H15ClN2OS. The van der Waals surface area contributed by atoms with E-state index in [9.17, 15) is 4.79 Å². The number of halogens is 1. The Morgan fingerprint density at radius 1 is 1.18 bits per heavy atom. The maximum absolute atomic E-state index is 12.6. The first-order valence-electron chi connectivity index (χ1n) is 7.07. The van der Waals surface area contributed by atoms with Crippen molar-refractivity contribution >= 4 is 44.2 Å². The van der Waals surface area contributed by atoms with Crippen molar-refractivity contribution in [2.45, 2.75) is 13.3 Å². The molecule has 1 amide bonds. The molecule has 0 unspecified atom stereocenters. The first kappa shape index (κ1) is 15.0. The Kier molecular flexibility index (Phi) is 4.41. The van der Waals surface area contributed by atoms with Gasteiger partial charge in [0.15, 0.2) is 5.13 Å². The molecular weight excluding hydrogens is 316 g/mol. The predicted molar refractivity (Wildman–Crippen MR) is 92.8 cm³/mol. The van der Waals surface area contributed by atoms with E-state index >= 15 is 0 Å². The molecule has 0 aliphatic heterocycles. The van der Waals surface area contributed by atoms with E-state index < -0.39 is 0 Å². The Morgan fingerprint density at radius 2 is 1.91 bits per heavy atom. The SMILES string of the molecule is CCN(C(=O)Cc1ccc(Cl)cc1)c1nc2ccccc2s1. The Hall–Kier alpha value is -1.91. The average molecular weight is 331 g/mol. The van der Waals surface area contributed by atoms with E-state index in [1.165, 1.54) is 0 Å². The number of anilines is 1. The zero-order chi connectivity index (χ0) is 15.5. The number of thiazole rings is 1. The van der Waals surface area contributed by atoms with E-state index in [2.05, 4.69) is 4.98 Å². The van der Waals surface area contributed by atoms with Crippen LogP contribution in [0.5, 0.6) is 0 Å². The minimum Gasteiger partial charge on any atom is -0.288 e. The molecule has 0 bridgehead atoms. The van der Waals surface area contributed by atoms with Gasteiger partial charge in [0.1, 0.15) is 0 Å². The molecule has 5 heteroatoms. The summed E-state index contributed by atoms with van der Waals surface area (Å²) in [6.07, 6.45) is 0.348. The van der Waals surface area contributed by atoms with Crippen molar-refractivity contribution in [2.75, 3.05) is 11.4 Å². The third kappa shape index (κ3) is 3.13. The molecule has 0 aliphatic carbocycles. The third-order valence-electron chi connectivity index (χ3n) is 3.40. The summed E-state index contributed by atoms with van der Waals surface area (Å²) in [5.74, 6) is 0.0453. The summed E-state index contributed by atoms with van der Waals surface area (Å²) >= 11 is 7.42. The zero-order valence-electron chi connectivity index (χ0n) is 12.1. The number of likely N-dealkylation sites (N-methyl/N-ethyl adjacent to an activating group) is 1. The maximum atomic E-state index is 12.6. The second kappa shape index (κ2) is 6.46. The van der Waals surface area contributed by atoms with Gasteiger partial charge in [0, 0.05) is 11.6 Å². The van der Waals surface area contributed by atoms with Crippen LogP contribution in [0.25, 0.3) is 10.2 Å². The molecule has 0 radical (unpaired) electrons. The van der Waals surface area contributed by atoms with Crippen molar-refractivity contribution in [2.24, 2.45) is 0 Å². The van der Waals surface area contributed by atoms with Crippen LogP contribution in [0, 0.1) is 0 Å². The second-order valence-electron chi connectivity index (χ2n) is 4.91. The van der Waals surface area contributed by atoms with Crippen molar-refractivity contribution in [1.29, 1.82) is 0 Å². The van der Waals surface area contributed by atoms with Gasteiger partial charge in [-0.2, -0.15) is 0 Å². The highest BCUT2D eigenvalue weighted by Gasteiger charge is 2.18. The molecule has 112 valence electrons. The molecule has 3 rings (SSSR count). The number of rotatable bonds is 4. The van der Waals surface area contributed by atoms with Crippen molar-refractivity contribution < 1.29 is 4.79 Å². The number of carbonyl (C=O) groups excluding carboxylic acids is 1. The summed E-state index contributed by atoms with van der Waals surface area (Å²) in [7, 11) is 0. The molecule has 0 saturated heterocycles. The number of hydrogen-bond donors (Lipinski definition) is 0. The van der Waals surface area contributed by atoms with Gasteiger partial charge in [-0.25, -0.2) is 4.98 Å². The van der Waals surface area contributed by atoms with Crippen LogP contribution >= 0.6 is 22.9 Å². The fourth-order valence-electron chi connectivity index (χ4n) is 2.27. The second-order valence-corrected chi connectivity index (χ2v) is 6.35. The van der Waals surface area contributed by atoms with Gasteiger partial charge < -0.3 is 0 Å². The van der Waals surface area contributed by atoms with Gasteiger partial charge in [-0.1, -0.05) is 47.2 Å². The number of aromatic nitrogens is 1. The highest BCUT2D eigenvalue weighted by molar-refractivity contribution is 7.22. The van der Waals surface area contributed by atoms with E-state index in [1.807, 2.05) is 43.3 Å². The normalized spacial score (nSPS) is 10.8. The first-order chi connectivity index (χ1) is 10.7. The van der Waals surface area contributed by atoms with Gasteiger partial charge in [-0.05, 0) is 36.8 Å². The lowest BCUT2D eigenvalue weighted by atomic mass is 10.1. The minimum atomic E-state index is 0.0453. The molecule has 0 fully saturated rings. The summed E-state index contributed by atoms with van der Waals surface area (Å²) in [4.78, 5) is 18.9. The Morgan fingerprint density at radius 3 is 2.59 bits per heavy atom. The molecule has 1 heterocycles. The molecule has 2 aromatic carbocycles. The van der Waals surface area contributed by atoms with Crippen LogP contribution in [0.2, 0.25) is 5.02 Å². The highest BCUT2D eigenvalue weighted by Crippen LogP contribution is 2.28. The van der Waals surface area contributed by atoms with Crippen LogP contribution in [0.15, 0.2) is 48.5 Å². The zero-order valence-corrected chi connectivity index (χ0v) is 13.7. The quantitative estimate of drug-likeness (QED) is 0.703. The van der Waals surface area contributed by atoms with Crippen LogP contribution in [-0.2, 0) is 11.2 Å². The first-order valence-corrected chi connectivity index (χ1v) is 8.27. The van der Waals surface area contributed by atoms with Crippen molar-refractivity contribution in [1.82, 2.24) is 4.98 Å². The molecule has 22 heavy (non-hydrogen) atoms. The van der Waals surface area contributed by atoms with E-state index in [1.54, 1.807) is 28.4 Å². The Balaban J connectivity index is 1.83. The fourth-order valence-corrected chi connectivity index (χ4v) is 3.44. The molecule has 0 spiro atoms. The Labute approximate surface area is 138 Å². The van der Waals surface area contributed by atoms with E-state index in [-0.39, 0.29) is 5.91 Å². The summed E-state index contributed by atoms with van der Waals surface area (Å²) < 4.78 is 1.09. The fraction of sp³-hybridized carbons (Fsp3) is 0.176. The van der Waals surface area contributed by atoms with Gasteiger partial charge in [0.2, 0.25) is 5.91 Å². The minimum absolute atomic E-state index is 0.0453. The number of benzene rings is 2. The third-order valence-corrected chi connectivity index (χ3v) is 4.71. The van der Waals surface area contributed by atoms with Gasteiger partial charge in [-0.3, -0.25) is 9.69 Å². The number of hydrogen-bond acceptors (Lipinski definition) is 3. The van der Waals surface area contributed by atoms with Crippen molar-refractivity contribution in [3.8, 4) is 0 Å². The number of amides is 1. The van der Waals surface area contributed by atoms with Crippen LogP contribution in [0.3, 0.4) is 0 Å². The lowest BCUT2D eigenvalue weighted by molar-refractivity contribution is -0.117. The van der Waals surface area contributed by atoms with E-state index in [0.29, 0.717) is 18.0 Å². The van der Waals surface area contributed by atoms with Gasteiger partial charge >= 0.3 is 0 Å². The standard InChI is InChI=1S/C17H15ClN2OS/c1-2-20(16(21)11-12-7-9-13(18)10-8-12)17-19-14-5-3-4-6-15(14)22-17/h3-10H,2,11H2,1H3. The summed E-state index contributed by atoms with van der Waals surface area (Å²) in [6, 6.07) is 15.3. The van der Waals surface area contributed by atoms with E-state index in [4.69, 9.17) is 11.6 Å². The van der Waals surface area contributed by atoms with Crippen LogP contribution < -0.4 is 4.90 Å². The summed E-state index contributed by atoms with van der Waals surface area (Å²) in [5, 5.41) is 1.43. The van der Waals surface area contributed by atoms with Crippen LogP contribution in [-0.4, -0.2) is 17.4 Å². The highest BCUT2D eigenvalue weighted by atomic mass is 35.5. The number of nitrogens with zero attached hydrogens (tertiary/aromatic N) is 2. The maximum Gasteiger partial charge on any atom is 0.233 e. The largest absolute Gasteiger partial charge is 0.288 e. The molecule has 3 aromatic rings. The molecule has 0 N–H and O–H groups in total. The average Bonchev–Trinajstić information content (AvgIpc) is 2.94. The van der Waals surface area contributed by atoms with Gasteiger partial charge in [-0.15, -0.1) is 0 Å². The Bertz CT molecular complexity index is 765. The van der Waals surface area contributed by atoms with Crippen molar-refractivity contribution in [3.63, 3.8) is 0 Å². The molecule has 0 atom stereocenters. The monoisotopic (exact) mass is 330 g/mol. The predicted octanol–water partition coefficient (Wildman–Crippen LogP) is 4.55. The van der Waals surface area contributed by atoms with Gasteiger partial charge in [0.05, 0.1) is 16.6 Å². The topological polar surface area (TPSA) is 33.2 Å². The number of fused-ring (bicyclic) bond motifs is 1. The molecule has 0 aliphatic rings. The lowest BCUT2D eigenvalue weighted by Gasteiger charge is -2.17. The van der Waals surface area contributed by atoms with E-state index in [0.717, 1.165) is 20.9 Å². The van der Waals surface area contributed by atoms with Crippen LogP contribution in [0.4, 0.5) is 5.13 Å². The summed E-state index contributed by atoms with van der Waals surface area (Å²) in [6.45, 7) is 2.57. The molecule has 3 nitrogen and oxygen atoms in total. The van der Waals surface area contributed by atoms with Gasteiger partial charge in [0.25, 0.3) is 0 Å².